The summed E-state index contributed by atoms with van der Waals surface area (Å²) in [5.41, 5.74) is 2.01. The van der Waals surface area contributed by atoms with Crippen LogP contribution in [0.25, 0.3) is 0 Å². The predicted octanol–water partition coefficient (Wildman–Crippen LogP) is 3.86. The van der Waals surface area contributed by atoms with E-state index in [9.17, 15) is 19.5 Å². The normalized spacial score (nSPS) is 11.0. The maximum absolute atomic E-state index is 12.4. The van der Waals surface area contributed by atoms with Crippen molar-refractivity contribution in [3.63, 3.8) is 0 Å². The fourth-order valence-corrected chi connectivity index (χ4v) is 2.40. The topological polar surface area (TPSA) is 95.5 Å². The lowest BCUT2D eigenvalue weighted by Crippen LogP contribution is -2.27. The van der Waals surface area contributed by atoms with Crippen LogP contribution in [0.1, 0.15) is 42.3 Å². The third-order valence-electron chi connectivity index (χ3n) is 4.05. The minimum atomic E-state index is -1.07. The van der Waals surface area contributed by atoms with E-state index >= 15 is 0 Å². The number of aryl methyl sites for hydroxylation is 1. The van der Waals surface area contributed by atoms with Crippen molar-refractivity contribution in [3.8, 4) is 0 Å². The highest BCUT2D eigenvalue weighted by molar-refractivity contribution is 5.98. The van der Waals surface area contributed by atoms with Gasteiger partial charge < -0.3 is 15.7 Å². The van der Waals surface area contributed by atoms with Gasteiger partial charge >= 0.3 is 5.97 Å². The number of nitrogens with one attached hydrogen (secondary N) is 2. The number of hydrogen-bond donors (Lipinski definition) is 3. The molecule has 0 atom stereocenters. The van der Waals surface area contributed by atoms with Crippen LogP contribution in [0.5, 0.6) is 0 Å². The molecule has 0 saturated carbocycles. The maximum Gasteiger partial charge on any atom is 0.335 e. The first-order valence-corrected chi connectivity index (χ1v) is 8.61. The van der Waals surface area contributed by atoms with Crippen LogP contribution in [-0.2, 0) is 16.0 Å². The first-order chi connectivity index (χ1) is 12.6. The first-order valence-electron chi connectivity index (χ1n) is 8.61. The van der Waals surface area contributed by atoms with E-state index in [2.05, 4.69) is 10.6 Å². The second-order valence-corrected chi connectivity index (χ2v) is 7.42. The largest absolute Gasteiger partial charge is 0.478 e. The van der Waals surface area contributed by atoms with Crippen molar-refractivity contribution in [2.45, 2.75) is 34.1 Å². The van der Waals surface area contributed by atoms with E-state index in [-0.39, 0.29) is 23.8 Å². The van der Waals surface area contributed by atoms with Crippen LogP contribution in [0.4, 0.5) is 11.4 Å². The summed E-state index contributed by atoms with van der Waals surface area (Å²) in [7, 11) is 0. The monoisotopic (exact) mass is 368 g/mol. The lowest BCUT2D eigenvalue weighted by molar-refractivity contribution is -0.123. The van der Waals surface area contributed by atoms with Crippen molar-refractivity contribution in [2.75, 3.05) is 10.6 Å². The van der Waals surface area contributed by atoms with E-state index in [0.29, 0.717) is 16.9 Å². The molecule has 2 amide bonds. The minimum Gasteiger partial charge on any atom is -0.478 e. The Kier molecular flexibility index (Phi) is 6.00. The molecular weight excluding hydrogens is 344 g/mol. The molecule has 0 aliphatic carbocycles. The van der Waals surface area contributed by atoms with E-state index in [0.717, 1.165) is 5.56 Å². The number of carboxylic acid groups (broad SMARTS) is 1. The zero-order valence-corrected chi connectivity index (χ0v) is 15.9. The van der Waals surface area contributed by atoms with Crippen LogP contribution in [0.2, 0.25) is 0 Å². The van der Waals surface area contributed by atoms with Crippen molar-refractivity contribution in [3.05, 3.63) is 59.2 Å². The SMILES string of the molecule is Cc1ccc(NC(=O)C(C)(C)C)cc1NC(=O)Cc1ccccc1C(=O)O. The van der Waals surface area contributed by atoms with Crippen LogP contribution in [-0.4, -0.2) is 22.9 Å². The highest BCUT2D eigenvalue weighted by Gasteiger charge is 2.21. The highest BCUT2D eigenvalue weighted by Crippen LogP contribution is 2.23. The van der Waals surface area contributed by atoms with Crippen LogP contribution >= 0.6 is 0 Å². The van der Waals surface area contributed by atoms with Gasteiger partial charge in [0.05, 0.1) is 12.0 Å². The standard InChI is InChI=1S/C21H24N2O4/c1-13-9-10-15(22-20(27)21(2,3)4)12-17(13)23-18(24)11-14-7-5-6-8-16(14)19(25)26/h5-10,12H,11H2,1-4H3,(H,22,27)(H,23,24)(H,25,26). The Bertz CT molecular complexity index is 882. The third kappa shape index (κ3) is 5.41. The molecule has 0 aromatic heterocycles. The molecule has 2 aromatic carbocycles. The molecule has 2 rings (SSSR count). The van der Waals surface area contributed by atoms with Crippen molar-refractivity contribution in [1.82, 2.24) is 0 Å². The highest BCUT2D eigenvalue weighted by atomic mass is 16.4. The number of amides is 2. The summed E-state index contributed by atoms with van der Waals surface area (Å²) in [4.78, 5) is 35.8. The van der Waals surface area contributed by atoms with E-state index in [1.807, 2.05) is 27.7 Å². The first kappa shape index (κ1) is 20.2. The number of anilines is 2. The zero-order chi connectivity index (χ0) is 20.2. The molecule has 0 unspecified atom stereocenters. The summed E-state index contributed by atoms with van der Waals surface area (Å²) in [6.07, 6.45) is -0.0551. The summed E-state index contributed by atoms with van der Waals surface area (Å²) < 4.78 is 0. The van der Waals surface area contributed by atoms with Gasteiger partial charge in [-0.05, 0) is 36.2 Å². The molecule has 27 heavy (non-hydrogen) atoms. The Labute approximate surface area is 158 Å². The van der Waals surface area contributed by atoms with Gasteiger partial charge in [-0.15, -0.1) is 0 Å². The van der Waals surface area contributed by atoms with Gasteiger partial charge in [0.25, 0.3) is 0 Å². The molecule has 142 valence electrons. The van der Waals surface area contributed by atoms with Gasteiger partial charge in [-0.2, -0.15) is 0 Å². The second-order valence-electron chi connectivity index (χ2n) is 7.42. The van der Waals surface area contributed by atoms with Crippen molar-refractivity contribution < 1.29 is 19.5 Å². The van der Waals surface area contributed by atoms with Gasteiger partial charge in [0.1, 0.15) is 0 Å². The molecule has 6 nitrogen and oxygen atoms in total. The summed E-state index contributed by atoms with van der Waals surface area (Å²) in [5, 5.41) is 14.8. The van der Waals surface area contributed by atoms with Crippen LogP contribution < -0.4 is 10.6 Å². The zero-order valence-electron chi connectivity index (χ0n) is 15.9. The van der Waals surface area contributed by atoms with Gasteiger partial charge in [-0.3, -0.25) is 9.59 Å². The van der Waals surface area contributed by atoms with Crippen molar-refractivity contribution in [1.29, 1.82) is 0 Å². The smallest absolute Gasteiger partial charge is 0.335 e. The van der Waals surface area contributed by atoms with E-state index in [4.69, 9.17) is 0 Å². The number of aromatic carboxylic acids is 1. The average molecular weight is 368 g/mol. The van der Waals surface area contributed by atoms with Gasteiger partial charge in [0.2, 0.25) is 11.8 Å². The summed E-state index contributed by atoms with van der Waals surface area (Å²) in [6, 6.07) is 11.7. The summed E-state index contributed by atoms with van der Waals surface area (Å²) in [5.74, 6) is -1.52. The molecule has 0 aliphatic heterocycles. The lowest BCUT2D eigenvalue weighted by atomic mass is 9.95. The number of hydrogen-bond acceptors (Lipinski definition) is 3. The average Bonchev–Trinajstić information content (AvgIpc) is 2.57. The summed E-state index contributed by atoms with van der Waals surface area (Å²) in [6.45, 7) is 7.30. The quantitative estimate of drug-likeness (QED) is 0.747. The molecule has 0 saturated heterocycles. The Morgan fingerprint density at radius 2 is 1.67 bits per heavy atom. The molecule has 0 bridgehead atoms. The third-order valence-corrected chi connectivity index (χ3v) is 4.05. The van der Waals surface area contributed by atoms with Crippen molar-refractivity contribution in [2.24, 2.45) is 5.41 Å². The van der Waals surface area contributed by atoms with Crippen molar-refractivity contribution >= 4 is 29.2 Å². The number of carboxylic acids is 1. The molecule has 0 spiro atoms. The fraction of sp³-hybridized carbons (Fsp3) is 0.286. The minimum absolute atomic E-state index is 0.0551. The molecular formula is C21H24N2O4. The molecule has 6 heteroatoms. The molecule has 0 radical (unpaired) electrons. The summed E-state index contributed by atoms with van der Waals surface area (Å²) >= 11 is 0. The van der Waals surface area contributed by atoms with Gasteiger partial charge in [0, 0.05) is 16.8 Å². The molecule has 3 N–H and O–H groups in total. The second kappa shape index (κ2) is 8.03. The van der Waals surface area contributed by atoms with Crippen LogP contribution in [0, 0.1) is 12.3 Å². The Hall–Kier alpha value is -3.15. The fourth-order valence-electron chi connectivity index (χ4n) is 2.40. The molecule has 2 aromatic rings. The molecule has 0 aliphatic rings. The maximum atomic E-state index is 12.4. The Morgan fingerprint density at radius 3 is 2.30 bits per heavy atom. The van der Waals surface area contributed by atoms with Crippen LogP contribution in [0.3, 0.4) is 0 Å². The Balaban J connectivity index is 2.15. The van der Waals surface area contributed by atoms with Gasteiger partial charge in [0.15, 0.2) is 0 Å². The number of benzene rings is 2. The van der Waals surface area contributed by atoms with E-state index in [1.54, 1.807) is 36.4 Å². The molecule has 0 fully saturated rings. The van der Waals surface area contributed by atoms with E-state index in [1.165, 1.54) is 6.07 Å². The predicted molar refractivity (Wildman–Crippen MR) is 105 cm³/mol. The van der Waals surface area contributed by atoms with Gasteiger partial charge in [-0.25, -0.2) is 4.79 Å². The number of rotatable bonds is 5. The number of carbonyl (C=O) groups is 3. The number of carbonyl (C=O) groups excluding carboxylic acids is 2. The Morgan fingerprint density at radius 1 is 1.00 bits per heavy atom. The van der Waals surface area contributed by atoms with Gasteiger partial charge in [-0.1, -0.05) is 45.0 Å². The van der Waals surface area contributed by atoms with E-state index < -0.39 is 11.4 Å². The lowest BCUT2D eigenvalue weighted by Gasteiger charge is -2.18. The molecule has 0 heterocycles. The van der Waals surface area contributed by atoms with Crippen LogP contribution in [0.15, 0.2) is 42.5 Å².